The molecule has 0 unspecified atom stereocenters. The van der Waals surface area contributed by atoms with E-state index in [-0.39, 0.29) is 23.5 Å². The second-order valence-electron chi connectivity index (χ2n) is 7.38. The fourth-order valence-corrected chi connectivity index (χ4v) is 3.87. The Labute approximate surface area is 167 Å². The molecule has 3 rings (SSSR count). The number of dihydropyridines is 1. The van der Waals surface area contributed by atoms with Crippen molar-refractivity contribution in [1.29, 1.82) is 0 Å². The molecule has 0 saturated heterocycles. The summed E-state index contributed by atoms with van der Waals surface area (Å²) in [7, 11) is 0. The highest BCUT2D eigenvalue weighted by atomic mass is 19.4. The van der Waals surface area contributed by atoms with Gasteiger partial charge in [-0.2, -0.15) is 13.2 Å². The number of alkyl halides is 3. The average Bonchev–Trinajstić information content (AvgIpc) is 2.66. The molecule has 1 atom stereocenters. The van der Waals surface area contributed by atoms with Gasteiger partial charge in [0, 0.05) is 29.3 Å². The van der Waals surface area contributed by atoms with Crippen LogP contribution < -0.4 is 5.32 Å². The molecule has 0 bridgehead atoms. The number of hydrogen-bond donors (Lipinski definition) is 1. The van der Waals surface area contributed by atoms with Crippen LogP contribution >= 0.6 is 0 Å². The summed E-state index contributed by atoms with van der Waals surface area (Å²) in [5.74, 6) is -1.61. The van der Waals surface area contributed by atoms with Crippen LogP contribution in [0.25, 0.3) is 0 Å². The second-order valence-corrected chi connectivity index (χ2v) is 7.38. The van der Waals surface area contributed by atoms with E-state index in [1.54, 1.807) is 6.92 Å². The lowest BCUT2D eigenvalue weighted by Gasteiger charge is -2.34. The summed E-state index contributed by atoms with van der Waals surface area (Å²) in [6, 6.07) is 4.85. The molecule has 1 aliphatic heterocycles. The summed E-state index contributed by atoms with van der Waals surface area (Å²) >= 11 is 0. The lowest BCUT2D eigenvalue weighted by molar-refractivity contribution is -0.139. The Bertz CT molecular complexity index is 884. The van der Waals surface area contributed by atoms with E-state index in [2.05, 4.69) is 5.32 Å². The SMILES string of the molecule is CCCCOC(=O)C1=C(C)NC2=C(C(=O)CCC2)[C@@H]1c1cccc(C(F)(F)F)c1. The molecule has 0 amide bonds. The Morgan fingerprint density at radius 2 is 2.03 bits per heavy atom. The van der Waals surface area contributed by atoms with Crippen molar-refractivity contribution in [2.75, 3.05) is 6.61 Å². The molecule has 0 spiro atoms. The molecule has 2 aliphatic rings. The number of rotatable bonds is 5. The van der Waals surface area contributed by atoms with E-state index < -0.39 is 23.6 Å². The first kappa shape index (κ1) is 21.1. The van der Waals surface area contributed by atoms with Crippen LogP contribution in [-0.4, -0.2) is 18.4 Å². The number of carbonyl (C=O) groups is 2. The van der Waals surface area contributed by atoms with Crippen molar-refractivity contribution in [2.24, 2.45) is 0 Å². The third-order valence-corrected chi connectivity index (χ3v) is 5.27. The molecule has 7 heteroatoms. The number of allylic oxidation sites excluding steroid dienone is 3. The Morgan fingerprint density at radius 1 is 1.28 bits per heavy atom. The van der Waals surface area contributed by atoms with Gasteiger partial charge in [0.1, 0.15) is 0 Å². The molecule has 0 radical (unpaired) electrons. The number of ether oxygens (including phenoxy) is 1. The van der Waals surface area contributed by atoms with E-state index >= 15 is 0 Å². The van der Waals surface area contributed by atoms with Crippen LogP contribution in [0, 0.1) is 0 Å². The topological polar surface area (TPSA) is 55.4 Å². The number of nitrogens with one attached hydrogen (secondary N) is 1. The zero-order valence-corrected chi connectivity index (χ0v) is 16.5. The molecule has 1 aromatic rings. The number of unbranched alkanes of at least 4 members (excludes halogenated alkanes) is 1. The first-order chi connectivity index (χ1) is 13.7. The standard InChI is InChI=1S/C22H24F3NO3/c1-3-4-11-29-21(28)18-13(2)26-16-9-6-10-17(27)20(16)19(18)14-7-5-8-15(12-14)22(23,24)25/h5,7-8,12,19,26H,3-4,6,9-11H2,1-2H3/t19-/m1/s1. The maximum Gasteiger partial charge on any atom is 0.416 e. The van der Waals surface area contributed by atoms with Crippen LogP contribution in [-0.2, 0) is 20.5 Å². The quantitative estimate of drug-likeness (QED) is 0.550. The second kappa shape index (κ2) is 8.43. The Kier molecular flexibility index (Phi) is 6.15. The zero-order chi connectivity index (χ0) is 21.2. The van der Waals surface area contributed by atoms with Crippen LogP contribution in [0.4, 0.5) is 13.2 Å². The van der Waals surface area contributed by atoms with Crippen molar-refractivity contribution in [3.05, 3.63) is 57.9 Å². The van der Waals surface area contributed by atoms with Crippen LogP contribution in [0.3, 0.4) is 0 Å². The van der Waals surface area contributed by atoms with Crippen molar-refractivity contribution in [3.63, 3.8) is 0 Å². The molecule has 0 saturated carbocycles. The Balaban J connectivity index is 2.10. The van der Waals surface area contributed by atoms with Gasteiger partial charge in [-0.3, -0.25) is 4.79 Å². The van der Waals surface area contributed by atoms with E-state index in [0.29, 0.717) is 42.7 Å². The summed E-state index contributed by atoms with van der Waals surface area (Å²) in [5, 5.41) is 3.13. The van der Waals surface area contributed by atoms with Gasteiger partial charge in [0.05, 0.1) is 17.7 Å². The van der Waals surface area contributed by atoms with Crippen molar-refractivity contribution in [3.8, 4) is 0 Å². The molecule has 156 valence electrons. The van der Waals surface area contributed by atoms with Crippen molar-refractivity contribution in [2.45, 2.75) is 58.0 Å². The smallest absolute Gasteiger partial charge is 0.416 e. The highest BCUT2D eigenvalue weighted by Crippen LogP contribution is 2.43. The minimum Gasteiger partial charge on any atom is -0.462 e. The fraction of sp³-hybridized carbons (Fsp3) is 0.455. The molecule has 1 N–H and O–H groups in total. The Hall–Kier alpha value is -2.57. The molecular weight excluding hydrogens is 383 g/mol. The van der Waals surface area contributed by atoms with Crippen molar-refractivity contribution in [1.82, 2.24) is 5.32 Å². The molecule has 1 aliphatic carbocycles. The fourth-order valence-electron chi connectivity index (χ4n) is 3.87. The van der Waals surface area contributed by atoms with Gasteiger partial charge in [0.15, 0.2) is 5.78 Å². The Morgan fingerprint density at radius 3 is 2.72 bits per heavy atom. The molecular formula is C22H24F3NO3. The number of hydrogen-bond acceptors (Lipinski definition) is 4. The molecule has 4 nitrogen and oxygen atoms in total. The number of benzene rings is 1. The molecule has 0 fully saturated rings. The van der Waals surface area contributed by atoms with Crippen LogP contribution in [0.2, 0.25) is 0 Å². The predicted molar refractivity (Wildman–Crippen MR) is 102 cm³/mol. The van der Waals surface area contributed by atoms with Crippen molar-refractivity contribution >= 4 is 11.8 Å². The van der Waals surface area contributed by atoms with E-state index in [1.165, 1.54) is 12.1 Å². The first-order valence-corrected chi connectivity index (χ1v) is 9.82. The van der Waals surface area contributed by atoms with Crippen molar-refractivity contribution < 1.29 is 27.5 Å². The number of ketones is 1. The van der Waals surface area contributed by atoms with E-state index in [1.807, 2.05) is 6.92 Å². The summed E-state index contributed by atoms with van der Waals surface area (Å²) in [6.07, 6.45) is -1.39. The van der Waals surface area contributed by atoms with Gasteiger partial charge in [-0.05, 0) is 37.8 Å². The number of carbonyl (C=O) groups excluding carboxylic acids is 2. The lowest BCUT2D eigenvalue weighted by Crippen LogP contribution is -2.34. The van der Waals surface area contributed by atoms with Crippen LogP contribution in [0.5, 0.6) is 0 Å². The van der Waals surface area contributed by atoms with Gasteiger partial charge < -0.3 is 10.1 Å². The van der Waals surface area contributed by atoms with Gasteiger partial charge in [-0.15, -0.1) is 0 Å². The summed E-state index contributed by atoms with van der Waals surface area (Å²) in [4.78, 5) is 25.6. The average molecular weight is 407 g/mol. The number of Topliss-reactive ketones (excluding diaryl/α,β-unsaturated/α-hetero) is 1. The van der Waals surface area contributed by atoms with E-state index in [0.717, 1.165) is 18.6 Å². The lowest BCUT2D eigenvalue weighted by atomic mass is 9.75. The summed E-state index contributed by atoms with van der Waals surface area (Å²) in [6.45, 7) is 3.88. The highest BCUT2D eigenvalue weighted by Gasteiger charge is 2.40. The first-order valence-electron chi connectivity index (χ1n) is 9.82. The molecule has 1 heterocycles. The van der Waals surface area contributed by atoms with E-state index in [9.17, 15) is 22.8 Å². The maximum atomic E-state index is 13.3. The minimum atomic E-state index is -4.52. The highest BCUT2D eigenvalue weighted by molar-refractivity contribution is 6.03. The molecule has 1 aromatic carbocycles. The number of esters is 1. The molecule has 29 heavy (non-hydrogen) atoms. The van der Waals surface area contributed by atoms with Gasteiger partial charge in [-0.25, -0.2) is 4.79 Å². The van der Waals surface area contributed by atoms with Gasteiger partial charge in [0.25, 0.3) is 0 Å². The van der Waals surface area contributed by atoms with Gasteiger partial charge >= 0.3 is 12.1 Å². The van der Waals surface area contributed by atoms with Crippen LogP contribution in [0.1, 0.15) is 63.0 Å². The third-order valence-electron chi connectivity index (χ3n) is 5.27. The third kappa shape index (κ3) is 4.38. The van der Waals surface area contributed by atoms with Crippen LogP contribution in [0.15, 0.2) is 46.8 Å². The normalized spacial score (nSPS) is 19.8. The summed E-state index contributed by atoms with van der Waals surface area (Å²) < 4.78 is 45.2. The maximum absolute atomic E-state index is 13.3. The van der Waals surface area contributed by atoms with Gasteiger partial charge in [0.2, 0.25) is 0 Å². The number of halogens is 3. The largest absolute Gasteiger partial charge is 0.462 e. The monoisotopic (exact) mass is 407 g/mol. The van der Waals surface area contributed by atoms with E-state index in [4.69, 9.17) is 4.74 Å². The zero-order valence-electron chi connectivity index (χ0n) is 16.5. The minimum absolute atomic E-state index is 0.146. The summed E-state index contributed by atoms with van der Waals surface area (Å²) in [5.41, 5.74) is 1.24. The molecule has 0 aromatic heterocycles. The predicted octanol–water partition coefficient (Wildman–Crippen LogP) is 5.02. The van der Waals surface area contributed by atoms with Gasteiger partial charge in [-0.1, -0.05) is 31.5 Å².